The average Bonchev–Trinajstić information content (AvgIpc) is 3.29. The highest BCUT2D eigenvalue weighted by molar-refractivity contribution is 7.71. The monoisotopic (exact) mass is 385 g/mol. The summed E-state index contributed by atoms with van der Waals surface area (Å²) in [5.41, 5.74) is 1.05. The van der Waals surface area contributed by atoms with Gasteiger partial charge in [0, 0.05) is 18.0 Å². The van der Waals surface area contributed by atoms with Gasteiger partial charge >= 0.3 is 0 Å². The van der Waals surface area contributed by atoms with Gasteiger partial charge in [0.15, 0.2) is 16.4 Å². The molecule has 0 amide bonds. The predicted octanol–water partition coefficient (Wildman–Crippen LogP) is 3.84. The fourth-order valence-corrected chi connectivity index (χ4v) is 4.94. The molecule has 1 aromatic carbocycles. The van der Waals surface area contributed by atoms with Crippen LogP contribution in [-0.4, -0.2) is 39.1 Å². The first-order chi connectivity index (χ1) is 13.2. The minimum atomic E-state index is -0.700. The predicted molar refractivity (Wildman–Crippen MR) is 102 cm³/mol. The van der Waals surface area contributed by atoms with Crippen molar-refractivity contribution in [2.24, 2.45) is 0 Å². The van der Waals surface area contributed by atoms with Crippen LogP contribution < -0.4 is 0 Å². The molecule has 2 saturated heterocycles. The number of hydrogen-bond acceptors (Lipinski definition) is 5. The molecule has 3 aliphatic rings. The third-order valence-electron chi connectivity index (χ3n) is 5.93. The molecular weight excluding hydrogens is 362 g/mol. The molecule has 0 radical (unpaired) electrons. The summed E-state index contributed by atoms with van der Waals surface area (Å²) >= 11 is 5.88. The van der Waals surface area contributed by atoms with E-state index in [1.54, 1.807) is 0 Å². The van der Waals surface area contributed by atoms with Crippen LogP contribution in [0.25, 0.3) is 11.4 Å². The van der Waals surface area contributed by atoms with Gasteiger partial charge in [0.2, 0.25) is 6.29 Å². The molecule has 2 aliphatic heterocycles. The quantitative estimate of drug-likeness (QED) is 0.752. The van der Waals surface area contributed by atoms with Crippen molar-refractivity contribution < 1.29 is 14.3 Å². The second kappa shape index (κ2) is 6.96. The number of nitrogens with zero attached hydrogens (tertiary/aromatic N) is 3. The van der Waals surface area contributed by atoms with E-state index in [1.165, 1.54) is 19.3 Å². The molecule has 1 aromatic heterocycles. The Bertz CT molecular complexity index is 901. The van der Waals surface area contributed by atoms with Crippen molar-refractivity contribution in [2.75, 3.05) is 6.61 Å². The summed E-state index contributed by atoms with van der Waals surface area (Å²) in [6.07, 6.45) is 5.45. The molecule has 142 valence electrons. The Morgan fingerprint density at radius 2 is 1.89 bits per heavy atom. The lowest BCUT2D eigenvalue weighted by molar-refractivity contribution is -0.156. The maximum absolute atomic E-state index is 12.3. The number of benzene rings is 1. The Hall–Kier alpha value is -1.83. The highest BCUT2D eigenvalue weighted by Crippen LogP contribution is 2.37. The van der Waals surface area contributed by atoms with Gasteiger partial charge in [0.25, 0.3) is 0 Å². The number of ether oxygens (including phenoxy) is 2. The van der Waals surface area contributed by atoms with Gasteiger partial charge < -0.3 is 9.47 Å². The SMILES string of the molecule is O=C1C[C@H](n2nc(-c3ccccc3)n(C3CCCCC3)c2=S)[C@H]2CO[C@@H]1O2. The van der Waals surface area contributed by atoms with Crippen LogP contribution in [0.4, 0.5) is 0 Å². The second-order valence-electron chi connectivity index (χ2n) is 7.66. The van der Waals surface area contributed by atoms with E-state index in [1.807, 2.05) is 22.9 Å². The third kappa shape index (κ3) is 2.98. The molecule has 5 rings (SSSR count). The molecule has 3 heterocycles. The Labute approximate surface area is 163 Å². The van der Waals surface area contributed by atoms with Crippen LogP contribution in [0.2, 0.25) is 0 Å². The minimum Gasteiger partial charge on any atom is -0.343 e. The summed E-state index contributed by atoms with van der Waals surface area (Å²) in [6.45, 7) is 0.416. The van der Waals surface area contributed by atoms with E-state index >= 15 is 0 Å². The van der Waals surface area contributed by atoms with Gasteiger partial charge in [-0.15, -0.1) is 0 Å². The van der Waals surface area contributed by atoms with Crippen molar-refractivity contribution >= 4 is 18.0 Å². The Morgan fingerprint density at radius 1 is 1.11 bits per heavy atom. The molecule has 1 saturated carbocycles. The maximum atomic E-state index is 12.3. The summed E-state index contributed by atoms with van der Waals surface area (Å²) < 4.78 is 16.0. The molecule has 2 aromatic rings. The molecule has 2 bridgehead atoms. The van der Waals surface area contributed by atoms with Crippen LogP contribution in [0, 0.1) is 4.77 Å². The standard InChI is InChI=1S/C20H23N3O3S/c24-16-11-15(17-12-25-19(16)26-17)23-20(27)22(14-9-5-2-6-10-14)18(21-23)13-7-3-1-4-8-13/h1,3-4,7-8,14-15,17,19H,2,5-6,9-12H2/t15-,17+,19+/m0/s1. The fraction of sp³-hybridized carbons (Fsp3) is 0.550. The van der Waals surface area contributed by atoms with Crippen LogP contribution in [0.3, 0.4) is 0 Å². The Kier molecular flexibility index (Phi) is 4.46. The van der Waals surface area contributed by atoms with Crippen molar-refractivity contribution in [3.8, 4) is 11.4 Å². The topological polar surface area (TPSA) is 58.3 Å². The number of aromatic nitrogens is 3. The zero-order chi connectivity index (χ0) is 18.4. The highest BCUT2D eigenvalue weighted by atomic mass is 32.1. The van der Waals surface area contributed by atoms with Gasteiger partial charge in [-0.1, -0.05) is 49.6 Å². The van der Waals surface area contributed by atoms with Gasteiger partial charge in [0.05, 0.1) is 12.6 Å². The lowest BCUT2D eigenvalue weighted by Gasteiger charge is -2.27. The number of ketones is 1. The van der Waals surface area contributed by atoms with Crippen molar-refractivity contribution in [2.45, 2.75) is 63.0 Å². The molecule has 3 atom stereocenters. The summed E-state index contributed by atoms with van der Waals surface area (Å²) in [5.74, 6) is 0.866. The molecule has 1 aliphatic carbocycles. The summed E-state index contributed by atoms with van der Waals surface area (Å²) in [5, 5.41) is 4.92. The van der Waals surface area contributed by atoms with Gasteiger partial charge in [0.1, 0.15) is 6.10 Å². The first-order valence-electron chi connectivity index (χ1n) is 9.78. The second-order valence-corrected chi connectivity index (χ2v) is 8.02. The molecule has 0 unspecified atom stereocenters. The Morgan fingerprint density at radius 3 is 2.67 bits per heavy atom. The average molecular weight is 385 g/mol. The number of carbonyl (C=O) groups is 1. The summed E-state index contributed by atoms with van der Waals surface area (Å²) in [7, 11) is 0. The van der Waals surface area contributed by atoms with Crippen LogP contribution in [0.15, 0.2) is 30.3 Å². The minimum absolute atomic E-state index is 0.0240. The van der Waals surface area contributed by atoms with Gasteiger partial charge in [-0.2, -0.15) is 5.10 Å². The van der Waals surface area contributed by atoms with E-state index in [-0.39, 0.29) is 17.9 Å². The molecule has 3 fully saturated rings. The van der Waals surface area contributed by atoms with Crippen molar-refractivity contribution in [1.29, 1.82) is 0 Å². The van der Waals surface area contributed by atoms with E-state index in [4.69, 9.17) is 26.8 Å². The van der Waals surface area contributed by atoms with E-state index in [0.29, 0.717) is 23.8 Å². The van der Waals surface area contributed by atoms with E-state index < -0.39 is 6.29 Å². The van der Waals surface area contributed by atoms with Crippen molar-refractivity contribution in [1.82, 2.24) is 14.3 Å². The van der Waals surface area contributed by atoms with Crippen molar-refractivity contribution in [3.63, 3.8) is 0 Å². The smallest absolute Gasteiger partial charge is 0.218 e. The number of Topliss-reactive ketones (excluding diaryl/α,β-unsaturated/α-hetero) is 1. The lowest BCUT2D eigenvalue weighted by Crippen LogP contribution is -2.37. The van der Waals surface area contributed by atoms with E-state index in [9.17, 15) is 4.79 Å². The zero-order valence-corrected chi connectivity index (χ0v) is 15.9. The van der Waals surface area contributed by atoms with E-state index in [0.717, 1.165) is 24.2 Å². The first-order valence-corrected chi connectivity index (χ1v) is 10.2. The normalized spacial score (nSPS) is 28.6. The molecule has 7 heteroatoms. The zero-order valence-electron chi connectivity index (χ0n) is 15.1. The first kappa shape index (κ1) is 17.3. The highest BCUT2D eigenvalue weighted by Gasteiger charge is 2.45. The van der Waals surface area contributed by atoms with Gasteiger partial charge in [-0.05, 0) is 25.1 Å². The van der Waals surface area contributed by atoms with Gasteiger partial charge in [-0.3, -0.25) is 9.36 Å². The third-order valence-corrected chi connectivity index (χ3v) is 6.32. The Balaban J connectivity index is 1.61. The van der Waals surface area contributed by atoms with E-state index in [2.05, 4.69) is 16.7 Å². The van der Waals surface area contributed by atoms with Crippen LogP contribution in [-0.2, 0) is 14.3 Å². The van der Waals surface area contributed by atoms with Crippen LogP contribution in [0.5, 0.6) is 0 Å². The number of carbonyl (C=O) groups excluding carboxylic acids is 1. The molecule has 0 N–H and O–H groups in total. The number of fused-ring (bicyclic) bond motifs is 2. The maximum Gasteiger partial charge on any atom is 0.218 e. The lowest BCUT2D eigenvalue weighted by atomic mass is 9.95. The summed E-state index contributed by atoms with van der Waals surface area (Å²) in [6, 6.07) is 10.3. The molecule has 0 spiro atoms. The number of rotatable bonds is 3. The van der Waals surface area contributed by atoms with Crippen LogP contribution >= 0.6 is 12.2 Å². The van der Waals surface area contributed by atoms with Crippen molar-refractivity contribution in [3.05, 3.63) is 35.1 Å². The van der Waals surface area contributed by atoms with Crippen LogP contribution in [0.1, 0.15) is 50.6 Å². The largest absolute Gasteiger partial charge is 0.343 e. The molecular formula is C20H23N3O3S. The molecule has 27 heavy (non-hydrogen) atoms. The van der Waals surface area contributed by atoms with Gasteiger partial charge in [-0.25, -0.2) is 4.68 Å². The fourth-order valence-electron chi connectivity index (χ4n) is 4.53. The number of hydrogen-bond donors (Lipinski definition) is 0. The summed E-state index contributed by atoms with van der Waals surface area (Å²) in [4.78, 5) is 12.3. The molecule has 6 nitrogen and oxygen atoms in total.